The van der Waals surface area contributed by atoms with Crippen molar-refractivity contribution in [3.05, 3.63) is 35.9 Å². The van der Waals surface area contributed by atoms with E-state index >= 15 is 0 Å². The van der Waals surface area contributed by atoms with Gasteiger partial charge in [-0.1, -0.05) is 57.0 Å². The molecule has 0 radical (unpaired) electrons. The Morgan fingerprint density at radius 1 is 1.21 bits per heavy atom. The first kappa shape index (κ1) is 14.6. The van der Waals surface area contributed by atoms with E-state index in [9.17, 15) is 0 Å². The summed E-state index contributed by atoms with van der Waals surface area (Å²) in [5, 5.41) is 0. The smallest absolute Gasteiger partial charge is 0.00676 e. The van der Waals surface area contributed by atoms with Gasteiger partial charge < -0.3 is 5.73 Å². The van der Waals surface area contributed by atoms with Crippen molar-refractivity contribution in [2.45, 2.75) is 64.3 Å². The molecule has 106 valence electrons. The van der Waals surface area contributed by atoms with Crippen LogP contribution in [-0.4, -0.2) is 6.04 Å². The average Bonchev–Trinajstić information content (AvgIpc) is 2.42. The van der Waals surface area contributed by atoms with Crippen molar-refractivity contribution >= 4 is 0 Å². The summed E-state index contributed by atoms with van der Waals surface area (Å²) in [5.74, 6) is 2.29. The predicted octanol–water partition coefficient (Wildman–Crippen LogP) is 4.72. The maximum Gasteiger partial charge on any atom is 0.00676 e. The first-order valence-corrected chi connectivity index (χ1v) is 8.01. The standard InChI is InChI=1S/C18H29N/c1-3-7-14(2)12-17-13-16(10-11-18(17)19)15-8-5-4-6-9-15/h4-6,8-9,14,16-18H,3,7,10-13,19H2,1-2H3. The number of hydrogen-bond donors (Lipinski definition) is 1. The van der Waals surface area contributed by atoms with Crippen molar-refractivity contribution in [2.24, 2.45) is 17.6 Å². The monoisotopic (exact) mass is 259 g/mol. The molecule has 4 unspecified atom stereocenters. The van der Waals surface area contributed by atoms with Gasteiger partial charge in [0.1, 0.15) is 0 Å². The second-order valence-electron chi connectivity index (χ2n) is 6.47. The van der Waals surface area contributed by atoms with Crippen molar-refractivity contribution in [1.82, 2.24) is 0 Å². The second kappa shape index (κ2) is 7.09. The normalized spacial score (nSPS) is 29.1. The van der Waals surface area contributed by atoms with Crippen LogP contribution in [-0.2, 0) is 0 Å². The molecule has 0 bridgehead atoms. The summed E-state index contributed by atoms with van der Waals surface area (Å²) in [6.07, 6.45) is 7.72. The summed E-state index contributed by atoms with van der Waals surface area (Å²) in [6.45, 7) is 4.67. The lowest BCUT2D eigenvalue weighted by Crippen LogP contribution is -2.36. The molecule has 1 fully saturated rings. The minimum atomic E-state index is 0.430. The second-order valence-corrected chi connectivity index (χ2v) is 6.47. The maximum absolute atomic E-state index is 6.36. The summed E-state index contributed by atoms with van der Waals surface area (Å²) in [7, 11) is 0. The highest BCUT2D eigenvalue weighted by Crippen LogP contribution is 2.38. The number of rotatable bonds is 5. The molecule has 19 heavy (non-hydrogen) atoms. The van der Waals surface area contributed by atoms with Crippen molar-refractivity contribution in [3.8, 4) is 0 Å². The third kappa shape index (κ3) is 4.07. The summed E-state index contributed by atoms with van der Waals surface area (Å²) < 4.78 is 0. The highest BCUT2D eigenvalue weighted by molar-refractivity contribution is 5.20. The van der Waals surface area contributed by atoms with E-state index in [2.05, 4.69) is 44.2 Å². The number of hydrogen-bond acceptors (Lipinski definition) is 1. The van der Waals surface area contributed by atoms with Crippen LogP contribution >= 0.6 is 0 Å². The molecule has 1 nitrogen and oxygen atoms in total. The van der Waals surface area contributed by atoms with Gasteiger partial charge in [0, 0.05) is 6.04 Å². The van der Waals surface area contributed by atoms with Gasteiger partial charge in [-0.05, 0) is 49.0 Å². The highest BCUT2D eigenvalue weighted by Gasteiger charge is 2.29. The third-order valence-electron chi connectivity index (χ3n) is 4.80. The van der Waals surface area contributed by atoms with E-state index < -0.39 is 0 Å². The number of nitrogens with two attached hydrogens (primary N) is 1. The Morgan fingerprint density at radius 3 is 2.63 bits per heavy atom. The Morgan fingerprint density at radius 2 is 1.95 bits per heavy atom. The van der Waals surface area contributed by atoms with E-state index in [4.69, 9.17) is 5.73 Å². The molecule has 1 aliphatic carbocycles. The van der Waals surface area contributed by atoms with Crippen LogP contribution in [0.5, 0.6) is 0 Å². The van der Waals surface area contributed by atoms with Crippen molar-refractivity contribution in [2.75, 3.05) is 0 Å². The molecule has 4 atom stereocenters. The minimum absolute atomic E-state index is 0.430. The highest BCUT2D eigenvalue weighted by atomic mass is 14.7. The summed E-state index contributed by atoms with van der Waals surface area (Å²) in [5.41, 5.74) is 7.88. The molecule has 1 aromatic rings. The Labute approximate surface area is 118 Å². The predicted molar refractivity (Wildman–Crippen MR) is 83.2 cm³/mol. The topological polar surface area (TPSA) is 26.0 Å². The zero-order chi connectivity index (χ0) is 13.7. The largest absolute Gasteiger partial charge is 0.327 e. The van der Waals surface area contributed by atoms with Gasteiger partial charge in [0.2, 0.25) is 0 Å². The van der Waals surface area contributed by atoms with E-state index in [-0.39, 0.29) is 0 Å². The van der Waals surface area contributed by atoms with Gasteiger partial charge in [-0.2, -0.15) is 0 Å². The van der Waals surface area contributed by atoms with Gasteiger partial charge in [0.15, 0.2) is 0 Å². The molecule has 0 aromatic heterocycles. The van der Waals surface area contributed by atoms with Crippen LogP contribution in [0.3, 0.4) is 0 Å². The summed E-state index contributed by atoms with van der Waals surface area (Å²) in [6, 6.07) is 11.4. The van der Waals surface area contributed by atoms with Crippen LogP contribution in [0.2, 0.25) is 0 Å². The van der Waals surface area contributed by atoms with Gasteiger partial charge in [-0.15, -0.1) is 0 Å². The van der Waals surface area contributed by atoms with E-state index in [0.717, 1.165) is 17.8 Å². The molecule has 2 N–H and O–H groups in total. The van der Waals surface area contributed by atoms with E-state index in [1.54, 1.807) is 0 Å². The van der Waals surface area contributed by atoms with Crippen molar-refractivity contribution in [1.29, 1.82) is 0 Å². The lowest BCUT2D eigenvalue weighted by Gasteiger charge is -2.36. The molecule has 0 amide bonds. The van der Waals surface area contributed by atoms with Gasteiger partial charge in [0.05, 0.1) is 0 Å². The van der Waals surface area contributed by atoms with Crippen LogP contribution in [0.15, 0.2) is 30.3 Å². The van der Waals surface area contributed by atoms with E-state index in [0.29, 0.717) is 6.04 Å². The fourth-order valence-electron chi connectivity index (χ4n) is 3.71. The van der Waals surface area contributed by atoms with Crippen LogP contribution in [0, 0.1) is 11.8 Å². The van der Waals surface area contributed by atoms with Crippen molar-refractivity contribution in [3.63, 3.8) is 0 Å². The number of benzene rings is 1. The molecule has 0 spiro atoms. The molecule has 0 heterocycles. The Kier molecular flexibility index (Phi) is 5.45. The quantitative estimate of drug-likeness (QED) is 0.813. The fraction of sp³-hybridized carbons (Fsp3) is 0.667. The molecular formula is C18H29N. The Balaban J connectivity index is 1.96. The lowest BCUT2D eigenvalue weighted by molar-refractivity contribution is 0.232. The average molecular weight is 259 g/mol. The van der Waals surface area contributed by atoms with Crippen LogP contribution in [0.25, 0.3) is 0 Å². The molecule has 1 aliphatic rings. The first-order valence-electron chi connectivity index (χ1n) is 8.01. The lowest BCUT2D eigenvalue weighted by atomic mass is 9.72. The zero-order valence-electron chi connectivity index (χ0n) is 12.5. The van der Waals surface area contributed by atoms with Gasteiger partial charge >= 0.3 is 0 Å². The zero-order valence-corrected chi connectivity index (χ0v) is 12.5. The Hall–Kier alpha value is -0.820. The summed E-state index contributed by atoms with van der Waals surface area (Å²) in [4.78, 5) is 0. The van der Waals surface area contributed by atoms with E-state index in [1.165, 1.54) is 44.1 Å². The van der Waals surface area contributed by atoms with Crippen LogP contribution in [0.4, 0.5) is 0 Å². The Bertz CT molecular complexity index is 359. The maximum atomic E-state index is 6.36. The third-order valence-corrected chi connectivity index (χ3v) is 4.80. The van der Waals surface area contributed by atoms with Crippen LogP contribution in [0.1, 0.15) is 63.9 Å². The fourth-order valence-corrected chi connectivity index (χ4v) is 3.71. The molecular weight excluding hydrogens is 230 g/mol. The molecule has 1 saturated carbocycles. The molecule has 1 heteroatoms. The summed E-state index contributed by atoms with van der Waals surface area (Å²) >= 11 is 0. The van der Waals surface area contributed by atoms with Gasteiger partial charge in [-0.3, -0.25) is 0 Å². The minimum Gasteiger partial charge on any atom is -0.327 e. The SMILES string of the molecule is CCCC(C)CC1CC(c2ccccc2)CCC1N. The van der Waals surface area contributed by atoms with Crippen LogP contribution < -0.4 is 5.73 Å². The molecule has 0 aliphatic heterocycles. The molecule has 0 saturated heterocycles. The van der Waals surface area contributed by atoms with E-state index in [1.807, 2.05) is 0 Å². The molecule has 2 rings (SSSR count). The molecule has 1 aromatic carbocycles. The first-order chi connectivity index (χ1) is 9.20. The van der Waals surface area contributed by atoms with Gasteiger partial charge in [0.25, 0.3) is 0 Å². The van der Waals surface area contributed by atoms with Gasteiger partial charge in [-0.25, -0.2) is 0 Å². The van der Waals surface area contributed by atoms with Crippen molar-refractivity contribution < 1.29 is 0 Å².